The van der Waals surface area contributed by atoms with Crippen molar-refractivity contribution in [3.63, 3.8) is 0 Å². The lowest BCUT2D eigenvalue weighted by Crippen LogP contribution is -2.45. The number of amides is 1. The van der Waals surface area contributed by atoms with E-state index in [2.05, 4.69) is 15.4 Å². The average Bonchev–Trinajstić information content (AvgIpc) is 3.13. The van der Waals surface area contributed by atoms with Gasteiger partial charge in [0.05, 0.1) is 49.5 Å². The normalized spacial score (nSPS) is 21.9. The molecule has 0 radical (unpaired) electrons. The molecular weight excluding hydrogens is 380 g/mol. The van der Waals surface area contributed by atoms with Crippen LogP contribution in [-0.2, 0) is 9.53 Å². The number of anilines is 1. The second-order valence-electron chi connectivity index (χ2n) is 6.62. The molecule has 0 unspecified atom stereocenters. The zero-order valence-corrected chi connectivity index (χ0v) is 15.7. The van der Waals surface area contributed by atoms with Crippen molar-refractivity contribution in [1.29, 1.82) is 0 Å². The van der Waals surface area contributed by atoms with Crippen molar-refractivity contribution in [3.8, 4) is 0 Å². The first-order valence-electron chi connectivity index (χ1n) is 8.89. The highest BCUT2D eigenvalue weighted by molar-refractivity contribution is 6.30. The Morgan fingerprint density at radius 3 is 2.75 bits per heavy atom. The number of nitrogens with zero attached hydrogens (tertiary/aromatic N) is 3. The number of ether oxygens (including phenoxy) is 1. The number of benzene rings is 1. The van der Waals surface area contributed by atoms with Crippen LogP contribution in [0.5, 0.6) is 0 Å². The van der Waals surface area contributed by atoms with Crippen LogP contribution in [0.2, 0.25) is 5.02 Å². The quantitative estimate of drug-likeness (QED) is 0.819. The molecule has 1 amide bonds. The molecule has 8 heteroatoms. The van der Waals surface area contributed by atoms with E-state index in [1.54, 1.807) is 35.6 Å². The van der Waals surface area contributed by atoms with Gasteiger partial charge in [0.1, 0.15) is 0 Å². The minimum atomic E-state index is -0.702. The number of carbonyl (C=O) groups excluding carboxylic acids is 1. The van der Waals surface area contributed by atoms with E-state index < -0.39 is 12.1 Å². The fourth-order valence-electron chi connectivity index (χ4n) is 3.06. The van der Waals surface area contributed by atoms with Gasteiger partial charge in [-0.15, -0.1) is 0 Å². The van der Waals surface area contributed by atoms with E-state index in [0.717, 1.165) is 11.3 Å². The van der Waals surface area contributed by atoms with Crippen LogP contribution in [0.15, 0.2) is 65.5 Å². The minimum Gasteiger partial charge on any atom is -0.388 e. The molecule has 1 saturated heterocycles. The van der Waals surface area contributed by atoms with Gasteiger partial charge >= 0.3 is 0 Å². The van der Waals surface area contributed by atoms with E-state index in [-0.39, 0.29) is 19.1 Å². The van der Waals surface area contributed by atoms with Crippen molar-refractivity contribution in [1.82, 2.24) is 10.3 Å². The number of hydrazone groups is 1. The molecule has 1 aromatic heterocycles. The number of hydrogen-bond acceptors (Lipinski definition) is 6. The first-order valence-corrected chi connectivity index (χ1v) is 9.27. The first-order chi connectivity index (χ1) is 13.6. The number of aliphatic hydroxyl groups excluding tert-OH is 1. The molecular formula is C20H19ClN4O3. The number of pyridine rings is 1. The van der Waals surface area contributed by atoms with Crippen LogP contribution in [-0.4, -0.2) is 53.6 Å². The van der Waals surface area contributed by atoms with Crippen LogP contribution >= 0.6 is 11.6 Å². The third kappa shape index (κ3) is 4.06. The Kier molecular flexibility index (Phi) is 5.38. The number of aromatic nitrogens is 1. The maximum atomic E-state index is 12.8. The lowest BCUT2D eigenvalue weighted by atomic mass is 10.0. The van der Waals surface area contributed by atoms with Gasteiger partial charge in [-0.05, 0) is 30.3 Å². The van der Waals surface area contributed by atoms with Gasteiger partial charge in [-0.2, -0.15) is 5.10 Å². The highest BCUT2D eigenvalue weighted by atomic mass is 35.5. The summed E-state index contributed by atoms with van der Waals surface area (Å²) in [5, 5.41) is 19.8. The lowest BCUT2D eigenvalue weighted by molar-refractivity contribution is -0.118. The molecule has 3 heterocycles. The molecule has 2 aromatic rings. The van der Waals surface area contributed by atoms with Crippen molar-refractivity contribution in [3.05, 3.63) is 71.0 Å². The molecule has 0 aliphatic carbocycles. The number of allylic oxidation sites excluding steroid dienone is 1. The fraction of sp³-hybridized carbons (Fsp3) is 0.250. The molecule has 7 nitrogen and oxygen atoms in total. The largest absolute Gasteiger partial charge is 0.388 e. The van der Waals surface area contributed by atoms with Crippen molar-refractivity contribution in [2.24, 2.45) is 5.10 Å². The highest BCUT2D eigenvalue weighted by Gasteiger charge is 2.30. The summed E-state index contributed by atoms with van der Waals surface area (Å²) in [4.78, 5) is 17.0. The van der Waals surface area contributed by atoms with Crippen LogP contribution in [0, 0.1) is 0 Å². The van der Waals surface area contributed by atoms with Crippen LogP contribution in [0.25, 0.3) is 0 Å². The third-order valence-corrected chi connectivity index (χ3v) is 4.85. The molecule has 28 heavy (non-hydrogen) atoms. The fourth-order valence-corrected chi connectivity index (χ4v) is 3.19. The van der Waals surface area contributed by atoms with Gasteiger partial charge in [0, 0.05) is 22.4 Å². The van der Waals surface area contributed by atoms with Gasteiger partial charge in [-0.25, -0.2) is 0 Å². The Hall–Kier alpha value is -2.74. The van der Waals surface area contributed by atoms with E-state index >= 15 is 0 Å². The molecule has 2 aliphatic rings. The molecule has 1 aromatic carbocycles. The van der Waals surface area contributed by atoms with E-state index in [9.17, 15) is 9.90 Å². The third-order valence-electron chi connectivity index (χ3n) is 4.60. The van der Waals surface area contributed by atoms with Crippen molar-refractivity contribution >= 4 is 28.9 Å². The van der Waals surface area contributed by atoms with Gasteiger partial charge in [-0.1, -0.05) is 23.7 Å². The SMILES string of the molecule is O=C(N[C@H]1COC[C@H]1O)C1=CC(c2ccc(Cl)cc2)=NN(c2cccnc2)C1. The second kappa shape index (κ2) is 8.10. The maximum absolute atomic E-state index is 12.8. The number of rotatable bonds is 4. The summed E-state index contributed by atoms with van der Waals surface area (Å²) >= 11 is 5.99. The Morgan fingerprint density at radius 1 is 1.25 bits per heavy atom. The van der Waals surface area contributed by atoms with E-state index in [1.807, 2.05) is 24.3 Å². The smallest absolute Gasteiger partial charge is 0.249 e. The van der Waals surface area contributed by atoms with Gasteiger partial charge in [0.15, 0.2) is 0 Å². The number of carbonyl (C=O) groups is 1. The second-order valence-corrected chi connectivity index (χ2v) is 7.05. The molecule has 0 saturated carbocycles. The van der Waals surface area contributed by atoms with Gasteiger partial charge in [-0.3, -0.25) is 14.8 Å². The summed E-state index contributed by atoms with van der Waals surface area (Å²) in [7, 11) is 0. The zero-order valence-electron chi connectivity index (χ0n) is 15.0. The van der Waals surface area contributed by atoms with E-state index in [0.29, 0.717) is 22.9 Å². The van der Waals surface area contributed by atoms with E-state index in [1.165, 1.54) is 0 Å². The lowest BCUT2D eigenvalue weighted by Gasteiger charge is -2.26. The minimum absolute atomic E-state index is 0.225. The summed E-state index contributed by atoms with van der Waals surface area (Å²) in [5.41, 5.74) is 2.78. The summed E-state index contributed by atoms with van der Waals surface area (Å²) < 4.78 is 5.21. The molecule has 144 valence electrons. The number of halogens is 1. The average molecular weight is 399 g/mol. The first kappa shape index (κ1) is 18.6. The molecule has 1 fully saturated rings. The van der Waals surface area contributed by atoms with Gasteiger partial charge < -0.3 is 15.2 Å². The number of nitrogens with one attached hydrogen (secondary N) is 1. The highest BCUT2D eigenvalue weighted by Crippen LogP contribution is 2.21. The number of aliphatic hydroxyl groups is 1. The standard InChI is InChI=1S/C20H19ClN4O3/c21-15-5-3-13(4-6-15)17-8-14(20(27)23-18-11-28-12-19(18)26)10-25(24-17)16-2-1-7-22-9-16/h1-9,18-19,26H,10-12H2,(H,23,27)/t18-,19+/m0/s1. The maximum Gasteiger partial charge on any atom is 0.249 e. The molecule has 2 N–H and O–H groups in total. The molecule has 2 aliphatic heterocycles. The Bertz CT molecular complexity index is 915. The predicted octanol–water partition coefficient (Wildman–Crippen LogP) is 1.76. The van der Waals surface area contributed by atoms with Gasteiger partial charge in [0.25, 0.3) is 0 Å². The van der Waals surface area contributed by atoms with Crippen LogP contribution in [0.1, 0.15) is 5.56 Å². The Balaban J connectivity index is 1.64. The summed E-state index contributed by atoms with van der Waals surface area (Å²) in [6, 6.07) is 10.5. The zero-order chi connectivity index (χ0) is 19.5. The van der Waals surface area contributed by atoms with Crippen LogP contribution < -0.4 is 10.3 Å². The molecule has 4 rings (SSSR count). The Labute approximate surface area is 167 Å². The summed E-state index contributed by atoms with van der Waals surface area (Å²) in [6.45, 7) is 0.812. The molecule has 0 spiro atoms. The molecule has 0 bridgehead atoms. The molecule has 2 atom stereocenters. The monoisotopic (exact) mass is 398 g/mol. The van der Waals surface area contributed by atoms with Crippen LogP contribution in [0.3, 0.4) is 0 Å². The van der Waals surface area contributed by atoms with Crippen molar-refractivity contribution in [2.75, 3.05) is 24.8 Å². The Morgan fingerprint density at radius 2 is 2.07 bits per heavy atom. The summed E-state index contributed by atoms with van der Waals surface area (Å²) in [6.07, 6.45) is 4.43. The van der Waals surface area contributed by atoms with E-state index in [4.69, 9.17) is 16.3 Å². The van der Waals surface area contributed by atoms with Crippen molar-refractivity contribution < 1.29 is 14.6 Å². The van der Waals surface area contributed by atoms with Crippen molar-refractivity contribution in [2.45, 2.75) is 12.1 Å². The van der Waals surface area contributed by atoms with Gasteiger partial charge in [0.2, 0.25) is 5.91 Å². The number of hydrogen-bond donors (Lipinski definition) is 2. The predicted molar refractivity (Wildman–Crippen MR) is 106 cm³/mol. The van der Waals surface area contributed by atoms with Crippen LogP contribution in [0.4, 0.5) is 5.69 Å². The summed E-state index contributed by atoms with van der Waals surface area (Å²) in [5.74, 6) is -0.259. The topological polar surface area (TPSA) is 87.0 Å².